The van der Waals surface area contributed by atoms with Crippen LogP contribution in [-0.4, -0.2) is 60.5 Å². The monoisotopic (exact) mass is 525 g/mol. The number of hydrogen-bond donors (Lipinski definition) is 3. The van der Waals surface area contributed by atoms with Gasteiger partial charge in [-0.15, -0.1) is 0 Å². The van der Waals surface area contributed by atoms with Crippen molar-refractivity contribution in [2.24, 2.45) is 5.73 Å². The van der Waals surface area contributed by atoms with E-state index >= 15 is 0 Å². The fourth-order valence-electron chi connectivity index (χ4n) is 3.13. The Bertz CT molecular complexity index is 1040. The van der Waals surface area contributed by atoms with Gasteiger partial charge in [-0.3, -0.25) is 9.59 Å². The van der Waals surface area contributed by atoms with Gasteiger partial charge in [0.25, 0.3) is 0 Å². The van der Waals surface area contributed by atoms with Gasteiger partial charge in [0.05, 0.1) is 19.4 Å². The Kier molecular flexibility index (Phi) is 10.1. The highest BCUT2D eigenvalue weighted by atomic mass is 19.4. The summed E-state index contributed by atoms with van der Waals surface area (Å²) >= 11 is 0. The highest BCUT2D eigenvalue weighted by Crippen LogP contribution is 2.21. The van der Waals surface area contributed by atoms with E-state index in [0.717, 1.165) is 10.9 Å². The largest absolute Gasteiger partial charge is 0.464 e. The number of H-pyrrole nitrogens is 1. The smallest absolute Gasteiger partial charge is 0.392 e. The number of amides is 1. The number of alkyl halides is 6. The van der Waals surface area contributed by atoms with Gasteiger partial charge < -0.3 is 25.5 Å². The first-order valence-corrected chi connectivity index (χ1v) is 10.8. The highest BCUT2D eigenvalue weighted by Gasteiger charge is 2.30. The molecule has 0 aliphatic rings. The first-order valence-electron chi connectivity index (χ1n) is 10.8. The van der Waals surface area contributed by atoms with E-state index in [0.29, 0.717) is 5.56 Å². The van der Waals surface area contributed by atoms with Gasteiger partial charge in [0.2, 0.25) is 5.91 Å². The number of nitrogens with two attached hydrogens (primary N) is 1. The van der Waals surface area contributed by atoms with Crippen LogP contribution in [0.15, 0.2) is 30.5 Å². The Balaban J connectivity index is 1.97. The number of halogens is 6. The van der Waals surface area contributed by atoms with Crippen molar-refractivity contribution in [2.45, 2.75) is 56.5 Å². The number of aromatic amines is 1. The molecule has 0 fully saturated rings. The number of fused-ring (bicyclic) bond motifs is 1. The van der Waals surface area contributed by atoms with Crippen LogP contribution in [0.1, 0.15) is 31.2 Å². The molecule has 0 aliphatic carbocycles. The second-order valence-electron chi connectivity index (χ2n) is 7.89. The molecule has 8 nitrogen and oxygen atoms in total. The molecule has 0 radical (unpaired) electrons. The number of ether oxygens (including phenoxy) is 2. The van der Waals surface area contributed by atoms with E-state index in [2.05, 4.69) is 15.0 Å². The molecule has 36 heavy (non-hydrogen) atoms. The lowest BCUT2D eigenvalue weighted by molar-refractivity contribution is -0.162. The molecule has 200 valence electrons. The Labute approximate surface area is 201 Å². The summed E-state index contributed by atoms with van der Waals surface area (Å²) in [5, 5.41) is 3.09. The second-order valence-corrected chi connectivity index (χ2v) is 7.89. The molecule has 1 aromatic carbocycles. The van der Waals surface area contributed by atoms with Crippen molar-refractivity contribution in [2.75, 3.05) is 13.2 Å². The molecule has 0 saturated carbocycles. The minimum Gasteiger partial charge on any atom is -0.464 e. The van der Waals surface area contributed by atoms with E-state index in [1.54, 1.807) is 30.5 Å². The number of aromatic nitrogens is 1. The van der Waals surface area contributed by atoms with Crippen molar-refractivity contribution in [1.29, 1.82) is 0 Å². The number of hydrogen-bond acceptors (Lipinski definition) is 6. The molecule has 0 bridgehead atoms. The molecule has 0 aliphatic heterocycles. The van der Waals surface area contributed by atoms with Crippen LogP contribution in [0.5, 0.6) is 0 Å². The van der Waals surface area contributed by atoms with Crippen LogP contribution in [0.4, 0.5) is 26.3 Å². The quantitative estimate of drug-likeness (QED) is 0.289. The first kappa shape index (κ1) is 28.9. The van der Waals surface area contributed by atoms with Crippen molar-refractivity contribution in [3.8, 4) is 0 Å². The molecule has 2 rings (SSSR count). The Morgan fingerprint density at radius 3 is 2.14 bits per heavy atom. The van der Waals surface area contributed by atoms with Gasteiger partial charge in [-0.2, -0.15) is 26.3 Å². The summed E-state index contributed by atoms with van der Waals surface area (Å²) in [4.78, 5) is 39.5. The lowest BCUT2D eigenvalue weighted by Gasteiger charge is -2.18. The third kappa shape index (κ3) is 10.1. The maximum atomic E-state index is 12.5. The van der Waals surface area contributed by atoms with Crippen LogP contribution in [0.3, 0.4) is 0 Å². The van der Waals surface area contributed by atoms with E-state index in [4.69, 9.17) is 10.5 Å². The minimum atomic E-state index is -4.54. The zero-order valence-corrected chi connectivity index (χ0v) is 18.9. The summed E-state index contributed by atoms with van der Waals surface area (Å²) in [5.74, 6) is -2.99. The van der Waals surface area contributed by atoms with Crippen LogP contribution in [0.2, 0.25) is 0 Å². The number of benzene rings is 1. The first-order chi connectivity index (χ1) is 16.7. The molecule has 2 aromatic rings. The maximum absolute atomic E-state index is 12.5. The van der Waals surface area contributed by atoms with Gasteiger partial charge in [-0.1, -0.05) is 18.2 Å². The molecule has 1 heterocycles. The molecule has 0 unspecified atom stereocenters. The van der Waals surface area contributed by atoms with Crippen LogP contribution in [-0.2, 0) is 30.3 Å². The van der Waals surface area contributed by atoms with Crippen LogP contribution >= 0.6 is 0 Å². The van der Waals surface area contributed by atoms with Crippen molar-refractivity contribution in [3.05, 3.63) is 36.0 Å². The standard InChI is InChI=1S/C22H25F6N3O5/c23-21(24,25)7-9-35-19(33)15(29)5-6-18(32)31-17(20(34)36-10-8-22(26,27)28)11-13-12-30-16-4-2-1-3-14(13)16/h1-4,12,15,17,30H,5-11,29H2,(H,31,32)/t15-,17-/m1/s1. The van der Waals surface area contributed by atoms with E-state index in [1.165, 1.54) is 0 Å². The van der Waals surface area contributed by atoms with Crippen molar-refractivity contribution in [3.63, 3.8) is 0 Å². The van der Waals surface area contributed by atoms with E-state index < -0.39 is 74.8 Å². The number of para-hydroxylation sites is 1. The average molecular weight is 525 g/mol. The van der Waals surface area contributed by atoms with Crippen molar-refractivity contribution >= 4 is 28.7 Å². The van der Waals surface area contributed by atoms with Crippen molar-refractivity contribution < 1.29 is 50.2 Å². The van der Waals surface area contributed by atoms with Crippen LogP contribution in [0, 0.1) is 0 Å². The number of nitrogens with one attached hydrogen (secondary N) is 2. The Morgan fingerprint density at radius 2 is 1.53 bits per heavy atom. The molecule has 0 saturated heterocycles. The summed E-state index contributed by atoms with van der Waals surface area (Å²) in [6.45, 7) is -1.85. The molecule has 0 spiro atoms. The Morgan fingerprint density at radius 1 is 0.944 bits per heavy atom. The SMILES string of the molecule is N[C@H](CCC(=O)N[C@H](Cc1c[nH]c2ccccc12)C(=O)OCCC(F)(F)F)C(=O)OCCC(F)(F)F. The fraction of sp³-hybridized carbons (Fsp3) is 0.500. The molecular formula is C22H25F6N3O5. The normalized spacial score (nSPS) is 13.8. The van der Waals surface area contributed by atoms with E-state index in [9.17, 15) is 40.7 Å². The third-order valence-corrected chi connectivity index (χ3v) is 4.96. The van der Waals surface area contributed by atoms with E-state index in [-0.39, 0.29) is 12.8 Å². The predicted octanol–water partition coefficient (Wildman–Crippen LogP) is 3.29. The number of carbonyl (C=O) groups is 3. The second kappa shape index (κ2) is 12.6. The number of carbonyl (C=O) groups excluding carboxylic acids is 3. The molecular weight excluding hydrogens is 500 g/mol. The summed E-state index contributed by atoms with van der Waals surface area (Å²) in [6.07, 6.45) is -11.0. The van der Waals surface area contributed by atoms with Crippen molar-refractivity contribution in [1.82, 2.24) is 10.3 Å². The average Bonchev–Trinajstić information content (AvgIpc) is 3.18. The maximum Gasteiger partial charge on any atom is 0.392 e. The molecule has 1 amide bonds. The lowest BCUT2D eigenvalue weighted by Crippen LogP contribution is -2.44. The van der Waals surface area contributed by atoms with Gasteiger partial charge in [-0.25, -0.2) is 4.79 Å². The predicted molar refractivity (Wildman–Crippen MR) is 114 cm³/mol. The molecule has 4 N–H and O–H groups in total. The topological polar surface area (TPSA) is 124 Å². The van der Waals surface area contributed by atoms with Gasteiger partial charge >= 0.3 is 24.3 Å². The summed E-state index contributed by atoms with van der Waals surface area (Å²) < 4.78 is 82.7. The molecule has 14 heteroatoms. The van der Waals surface area contributed by atoms with Crippen LogP contribution < -0.4 is 11.1 Å². The zero-order valence-electron chi connectivity index (χ0n) is 18.9. The fourth-order valence-corrected chi connectivity index (χ4v) is 3.13. The highest BCUT2D eigenvalue weighted by molar-refractivity contribution is 5.87. The summed E-state index contributed by atoms with van der Waals surface area (Å²) in [7, 11) is 0. The molecule has 2 atom stereocenters. The number of rotatable bonds is 12. The van der Waals surface area contributed by atoms with Gasteiger partial charge in [0, 0.05) is 29.9 Å². The lowest BCUT2D eigenvalue weighted by atomic mass is 10.0. The molecule has 1 aromatic heterocycles. The summed E-state index contributed by atoms with van der Waals surface area (Å²) in [5.41, 5.74) is 6.87. The Hall–Kier alpha value is -3.29. The zero-order chi connectivity index (χ0) is 26.9. The van der Waals surface area contributed by atoms with Crippen LogP contribution in [0.25, 0.3) is 10.9 Å². The van der Waals surface area contributed by atoms with Gasteiger partial charge in [-0.05, 0) is 18.1 Å². The van der Waals surface area contributed by atoms with Gasteiger partial charge in [0.1, 0.15) is 18.7 Å². The minimum absolute atomic E-state index is 0.105. The number of esters is 2. The van der Waals surface area contributed by atoms with Gasteiger partial charge in [0.15, 0.2) is 0 Å². The summed E-state index contributed by atoms with van der Waals surface area (Å²) in [6, 6.07) is 4.28. The third-order valence-electron chi connectivity index (χ3n) is 4.96. The van der Waals surface area contributed by atoms with E-state index in [1.807, 2.05) is 0 Å².